The number of aromatic nitrogens is 2. The van der Waals surface area contributed by atoms with Crippen LogP contribution in [0.1, 0.15) is 6.42 Å². The van der Waals surface area contributed by atoms with Gasteiger partial charge in [0.25, 0.3) is 0 Å². The summed E-state index contributed by atoms with van der Waals surface area (Å²) in [7, 11) is 0. The molecular weight excluding hydrogens is 362 g/mol. The summed E-state index contributed by atoms with van der Waals surface area (Å²) < 4.78 is 11.7. The highest BCUT2D eigenvalue weighted by Gasteiger charge is 2.20. The average molecular weight is 377 g/mol. The number of hydrogen-bond donors (Lipinski definition) is 1. The molecule has 1 aromatic heterocycles. The minimum absolute atomic E-state index is 0.134. The number of carbonyl (C=O) groups excluding carboxylic acids is 1. The van der Waals surface area contributed by atoms with Crippen molar-refractivity contribution in [2.24, 2.45) is 0 Å². The van der Waals surface area contributed by atoms with Crippen molar-refractivity contribution in [1.82, 2.24) is 10.2 Å². The van der Waals surface area contributed by atoms with Gasteiger partial charge in [0.15, 0.2) is 15.8 Å². The second kappa shape index (κ2) is 8.04. The Labute approximate surface area is 152 Å². The number of fused-ring (bicyclic) bond motifs is 1. The van der Waals surface area contributed by atoms with Crippen molar-refractivity contribution in [1.29, 1.82) is 5.26 Å². The zero-order valence-electron chi connectivity index (χ0n) is 13.2. The van der Waals surface area contributed by atoms with Crippen LogP contribution in [0, 0.1) is 11.3 Å². The second-order valence-electron chi connectivity index (χ2n) is 4.98. The molecule has 130 valence electrons. The number of hydrogen-bond acceptors (Lipinski definition) is 9. The summed E-state index contributed by atoms with van der Waals surface area (Å²) >= 11 is 2.50. The van der Waals surface area contributed by atoms with Gasteiger partial charge < -0.3 is 20.1 Å². The molecule has 1 aliphatic heterocycles. The first-order chi connectivity index (χ1) is 12.2. The van der Waals surface area contributed by atoms with Crippen LogP contribution in [0.15, 0.2) is 22.5 Å². The zero-order chi connectivity index (χ0) is 17.6. The number of nitriles is 1. The van der Waals surface area contributed by atoms with E-state index in [1.807, 2.05) is 0 Å². The summed E-state index contributed by atoms with van der Waals surface area (Å²) in [5.41, 5.74) is 6.21. The Morgan fingerprint density at radius 1 is 1.36 bits per heavy atom. The van der Waals surface area contributed by atoms with Crippen LogP contribution >= 0.6 is 23.1 Å². The van der Waals surface area contributed by atoms with E-state index in [2.05, 4.69) is 16.3 Å². The van der Waals surface area contributed by atoms with Crippen LogP contribution in [-0.4, -0.2) is 41.6 Å². The standard InChI is InChI=1S/C15H15N5O3S2/c16-4-1-5-20(13(21)9-24-15-19-18-14(17)25-15)10-2-3-11-12(8-10)23-7-6-22-11/h2-3,8H,1,5-7,9H2,(H2,17,18). The second-order valence-corrected chi connectivity index (χ2v) is 7.21. The fourth-order valence-corrected chi connectivity index (χ4v) is 3.75. The van der Waals surface area contributed by atoms with Gasteiger partial charge in [-0.05, 0) is 12.1 Å². The lowest BCUT2D eigenvalue weighted by atomic mass is 10.2. The SMILES string of the molecule is N#CCCN(C(=O)CSc1nnc(N)s1)c1ccc2c(c1)OCCO2. The molecule has 1 amide bonds. The molecule has 0 unspecified atom stereocenters. The van der Waals surface area contributed by atoms with Crippen LogP contribution in [0.4, 0.5) is 10.8 Å². The molecule has 2 aromatic rings. The molecule has 0 fully saturated rings. The van der Waals surface area contributed by atoms with Crippen molar-refractivity contribution >= 4 is 39.8 Å². The predicted molar refractivity (Wildman–Crippen MR) is 95.1 cm³/mol. The monoisotopic (exact) mass is 377 g/mol. The molecule has 0 saturated carbocycles. The highest BCUT2D eigenvalue weighted by Crippen LogP contribution is 2.34. The molecule has 0 atom stereocenters. The van der Waals surface area contributed by atoms with E-state index >= 15 is 0 Å². The van der Waals surface area contributed by atoms with Crippen molar-refractivity contribution < 1.29 is 14.3 Å². The fourth-order valence-electron chi connectivity index (χ4n) is 2.24. The van der Waals surface area contributed by atoms with Gasteiger partial charge in [-0.1, -0.05) is 23.1 Å². The molecular formula is C15H15N5O3S2. The molecule has 0 bridgehead atoms. The van der Waals surface area contributed by atoms with Crippen LogP contribution in [-0.2, 0) is 4.79 Å². The number of nitrogens with two attached hydrogens (primary N) is 1. The maximum absolute atomic E-state index is 12.6. The molecule has 1 aliphatic rings. The molecule has 25 heavy (non-hydrogen) atoms. The number of rotatable bonds is 6. The minimum atomic E-state index is -0.134. The Morgan fingerprint density at radius 3 is 2.88 bits per heavy atom. The van der Waals surface area contributed by atoms with Crippen molar-refractivity contribution in [3.05, 3.63) is 18.2 Å². The molecule has 1 aromatic carbocycles. The van der Waals surface area contributed by atoms with E-state index in [0.29, 0.717) is 46.4 Å². The van der Waals surface area contributed by atoms with Gasteiger partial charge in [-0.3, -0.25) is 4.79 Å². The van der Waals surface area contributed by atoms with Gasteiger partial charge in [-0.25, -0.2) is 0 Å². The summed E-state index contributed by atoms with van der Waals surface area (Å²) in [6.45, 7) is 1.27. The minimum Gasteiger partial charge on any atom is -0.486 e. The summed E-state index contributed by atoms with van der Waals surface area (Å²) in [4.78, 5) is 14.2. The number of benzene rings is 1. The molecule has 0 aliphatic carbocycles. The third-order valence-corrected chi connectivity index (χ3v) is 5.20. The van der Waals surface area contributed by atoms with Crippen molar-refractivity contribution in [2.75, 3.05) is 36.1 Å². The van der Waals surface area contributed by atoms with E-state index in [1.54, 1.807) is 23.1 Å². The number of nitrogen functional groups attached to an aromatic ring is 1. The third-order valence-electron chi connectivity index (χ3n) is 3.33. The van der Waals surface area contributed by atoms with Gasteiger partial charge in [0, 0.05) is 18.3 Å². The number of amides is 1. The molecule has 0 radical (unpaired) electrons. The van der Waals surface area contributed by atoms with Crippen LogP contribution in [0.5, 0.6) is 11.5 Å². The molecule has 10 heteroatoms. The smallest absolute Gasteiger partial charge is 0.237 e. The summed E-state index contributed by atoms with van der Waals surface area (Å²) in [6.07, 6.45) is 0.233. The number of thioether (sulfide) groups is 1. The first kappa shape index (κ1) is 17.3. The fraction of sp³-hybridized carbons (Fsp3) is 0.333. The highest BCUT2D eigenvalue weighted by molar-refractivity contribution is 8.01. The zero-order valence-corrected chi connectivity index (χ0v) is 14.8. The summed E-state index contributed by atoms with van der Waals surface area (Å²) in [6, 6.07) is 7.39. The molecule has 0 saturated heterocycles. The largest absolute Gasteiger partial charge is 0.486 e. The maximum Gasteiger partial charge on any atom is 0.237 e. The van der Waals surface area contributed by atoms with Crippen LogP contribution in [0.3, 0.4) is 0 Å². The molecule has 8 nitrogen and oxygen atoms in total. The van der Waals surface area contributed by atoms with Gasteiger partial charge in [-0.2, -0.15) is 5.26 Å². The van der Waals surface area contributed by atoms with E-state index in [9.17, 15) is 4.79 Å². The quantitative estimate of drug-likeness (QED) is 0.760. The topological polar surface area (TPSA) is 114 Å². The number of anilines is 2. The lowest BCUT2D eigenvalue weighted by molar-refractivity contribution is -0.116. The van der Waals surface area contributed by atoms with E-state index in [-0.39, 0.29) is 18.1 Å². The van der Waals surface area contributed by atoms with Crippen molar-refractivity contribution in [3.8, 4) is 17.6 Å². The van der Waals surface area contributed by atoms with Gasteiger partial charge in [0.2, 0.25) is 11.0 Å². The summed E-state index contributed by atoms with van der Waals surface area (Å²) in [5, 5.41) is 16.9. The number of carbonyl (C=O) groups is 1. The van der Waals surface area contributed by atoms with E-state index in [1.165, 1.54) is 23.1 Å². The van der Waals surface area contributed by atoms with Crippen molar-refractivity contribution in [2.45, 2.75) is 10.8 Å². The number of nitrogens with zero attached hydrogens (tertiary/aromatic N) is 4. The van der Waals surface area contributed by atoms with Crippen molar-refractivity contribution in [3.63, 3.8) is 0 Å². The van der Waals surface area contributed by atoms with E-state index in [0.717, 1.165) is 0 Å². The van der Waals surface area contributed by atoms with E-state index in [4.69, 9.17) is 20.5 Å². The van der Waals surface area contributed by atoms with Gasteiger partial charge >= 0.3 is 0 Å². The Balaban J connectivity index is 1.74. The predicted octanol–water partition coefficient (Wildman–Crippen LogP) is 1.93. The van der Waals surface area contributed by atoms with Crippen LogP contribution < -0.4 is 20.1 Å². The highest BCUT2D eigenvalue weighted by atomic mass is 32.2. The Morgan fingerprint density at radius 2 is 2.16 bits per heavy atom. The number of ether oxygens (including phenoxy) is 2. The lowest BCUT2D eigenvalue weighted by Crippen LogP contribution is -2.33. The lowest BCUT2D eigenvalue weighted by Gasteiger charge is -2.24. The molecule has 3 rings (SSSR count). The third kappa shape index (κ3) is 4.32. The normalized spacial score (nSPS) is 12.4. The maximum atomic E-state index is 12.6. The Kier molecular flexibility index (Phi) is 5.57. The first-order valence-corrected chi connectivity index (χ1v) is 9.26. The van der Waals surface area contributed by atoms with Gasteiger partial charge in [0.1, 0.15) is 13.2 Å². The first-order valence-electron chi connectivity index (χ1n) is 7.46. The van der Waals surface area contributed by atoms with Crippen LogP contribution in [0.25, 0.3) is 0 Å². The van der Waals surface area contributed by atoms with Gasteiger partial charge in [-0.15, -0.1) is 10.2 Å². The average Bonchev–Trinajstić information content (AvgIpc) is 3.05. The molecule has 2 heterocycles. The van der Waals surface area contributed by atoms with Gasteiger partial charge in [0.05, 0.1) is 18.2 Å². The molecule has 2 N–H and O–H groups in total. The molecule has 0 spiro atoms. The Bertz CT molecular complexity index is 805. The van der Waals surface area contributed by atoms with Crippen LogP contribution in [0.2, 0.25) is 0 Å². The Hall–Kier alpha value is -2.51. The summed E-state index contributed by atoms with van der Waals surface area (Å²) in [5.74, 6) is 1.30. The van der Waals surface area contributed by atoms with E-state index < -0.39 is 0 Å².